The summed E-state index contributed by atoms with van der Waals surface area (Å²) < 4.78 is 0. The third-order valence-corrected chi connectivity index (χ3v) is 3.26. The minimum Gasteiger partial charge on any atom is -0.480 e. The van der Waals surface area contributed by atoms with Crippen molar-refractivity contribution in [1.29, 1.82) is 0 Å². The van der Waals surface area contributed by atoms with Gasteiger partial charge in [-0.3, -0.25) is 9.69 Å². The van der Waals surface area contributed by atoms with E-state index in [1.165, 1.54) is 5.39 Å². The Balaban J connectivity index is 2.14. The zero-order valence-corrected chi connectivity index (χ0v) is 10.7. The fourth-order valence-electron chi connectivity index (χ4n) is 2.27. The number of carboxylic acid groups (broad SMARTS) is 1. The van der Waals surface area contributed by atoms with E-state index in [0.717, 1.165) is 11.1 Å². The van der Waals surface area contributed by atoms with Crippen molar-refractivity contribution in [2.75, 3.05) is 7.05 Å². The standard InChI is InChI=1S/C14H18N2O2/c1-3-13(14(17)18)16(2)9-10-4-5-11-6-7-15-12(11)8-10/h4-8,13,15H,3,9H2,1-2H3,(H,17,18)/t13-/m1/s1. The van der Waals surface area contributed by atoms with E-state index in [0.29, 0.717) is 13.0 Å². The Labute approximate surface area is 106 Å². The molecule has 0 aliphatic heterocycles. The summed E-state index contributed by atoms with van der Waals surface area (Å²) in [6, 6.07) is 7.76. The molecule has 0 saturated carbocycles. The number of aromatic nitrogens is 1. The van der Waals surface area contributed by atoms with Crippen molar-refractivity contribution in [2.45, 2.75) is 25.9 Å². The number of hydrogen-bond donors (Lipinski definition) is 2. The van der Waals surface area contributed by atoms with Gasteiger partial charge in [0.25, 0.3) is 0 Å². The fraction of sp³-hybridized carbons (Fsp3) is 0.357. The van der Waals surface area contributed by atoms with Crippen molar-refractivity contribution in [3.05, 3.63) is 36.0 Å². The van der Waals surface area contributed by atoms with Crippen molar-refractivity contribution in [1.82, 2.24) is 9.88 Å². The summed E-state index contributed by atoms with van der Waals surface area (Å²) in [5.41, 5.74) is 2.21. The van der Waals surface area contributed by atoms with Gasteiger partial charge in [-0.2, -0.15) is 0 Å². The number of aromatic amines is 1. The molecule has 0 aliphatic carbocycles. The predicted octanol–water partition coefficient (Wildman–Crippen LogP) is 2.46. The Morgan fingerprint density at radius 1 is 1.44 bits per heavy atom. The maximum Gasteiger partial charge on any atom is 0.320 e. The van der Waals surface area contributed by atoms with Crippen LogP contribution in [0.5, 0.6) is 0 Å². The maximum atomic E-state index is 11.1. The normalized spacial score (nSPS) is 13.1. The van der Waals surface area contributed by atoms with Gasteiger partial charge in [0, 0.05) is 18.3 Å². The zero-order chi connectivity index (χ0) is 13.1. The highest BCUT2D eigenvalue weighted by Crippen LogP contribution is 2.16. The number of hydrogen-bond acceptors (Lipinski definition) is 2. The molecule has 0 bridgehead atoms. The third-order valence-electron chi connectivity index (χ3n) is 3.26. The van der Waals surface area contributed by atoms with Gasteiger partial charge >= 0.3 is 5.97 Å². The molecule has 1 aromatic carbocycles. The molecule has 0 unspecified atom stereocenters. The first-order valence-electron chi connectivity index (χ1n) is 6.11. The first kappa shape index (κ1) is 12.6. The van der Waals surface area contributed by atoms with Gasteiger partial charge in [-0.25, -0.2) is 0 Å². The van der Waals surface area contributed by atoms with Crippen LogP contribution in [0.4, 0.5) is 0 Å². The van der Waals surface area contributed by atoms with Crippen LogP contribution in [0.2, 0.25) is 0 Å². The topological polar surface area (TPSA) is 56.3 Å². The Kier molecular flexibility index (Phi) is 3.67. The Hall–Kier alpha value is -1.81. The second-order valence-corrected chi connectivity index (χ2v) is 4.58. The minimum absolute atomic E-state index is 0.427. The second-order valence-electron chi connectivity index (χ2n) is 4.58. The lowest BCUT2D eigenvalue weighted by Crippen LogP contribution is -2.37. The number of rotatable bonds is 5. The Bertz CT molecular complexity index is 547. The molecule has 1 atom stereocenters. The number of nitrogens with one attached hydrogen (secondary N) is 1. The first-order chi connectivity index (χ1) is 8.61. The lowest BCUT2D eigenvalue weighted by molar-refractivity contribution is -0.143. The van der Waals surface area contributed by atoms with Crippen LogP contribution < -0.4 is 0 Å². The largest absolute Gasteiger partial charge is 0.480 e. The highest BCUT2D eigenvalue weighted by atomic mass is 16.4. The van der Waals surface area contributed by atoms with Crippen molar-refractivity contribution in [3.8, 4) is 0 Å². The van der Waals surface area contributed by atoms with E-state index in [1.54, 1.807) is 0 Å². The molecule has 0 radical (unpaired) electrons. The summed E-state index contributed by atoms with van der Waals surface area (Å²) >= 11 is 0. The fourth-order valence-corrected chi connectivity index (χ4v) is 2.27. The van der Waals surface area contributed by atoms with E-state index in [4.69, 9.17) is 5.11 Å². The molecule has 96 valence electrons. The van der Waals surface area contributed by atoms with Gasteiger partial charge in [-0.1, -0.05) is 19.1 Å². The van der Waals surface area contributed by atoms with Crippen LogP contribution in [0.3, 0.4) is 0 Å². The molecule has 2 rings (SSSR count). The number of fused-ring (bicyclic) bond motifs is 1. The van der Waals surface area contributed by atoms with Crippen LogP contribution in [0.1, 0.15) is 18.9 Å². The summed E-state index contributed by atoms with van der Waals surface area (Å²) in [6.45, 7) is 2.53. The molecule has 1 heterocycles. The summed E-state index contributed by atoms with van der Waals surface area (Å²) in [5.74, 6) is -0.763. The van der Waals surface area contributed by atoms with Crippen molar-refractivity contribution < 1.29 is 9.90 Å². The number of nitrogens with zero attached hydrogens (tertiary/aromatic N) is 1. The molecule has 0 aliphatic rings. The molecule has 4 nitrogen and oxygen atoms in total. The van der Waals surface area contributed by atoms with E-state index in [2.05, 4.69) is 17.1 Å². The van der Waals surface area contributed by atoms with Crippen molar-refractivity contribution >= 4 is 16.9 Å². The number of likely N-dealkylation sites (N-methyl/N-ethyl adjacent to an activating group) is 1. The Morgan fingerprint density at radius 2 is 2.22 bits per heavy atom. The number of H-pyrrole nitrogens is 1. The van der Waals surface area contributed by atoms with E-state index in [1.807, 2.05) is 37.2 Å². The van der Waals surface area contributed by atoms with Gasteiger partial charge in [0.15, 0.2) is 0 Å². The van der Waals surface area contributed by atoms with Crippen molar-refractivity contribution in [2.24, 2.45) is 0 Å². The molecule has 2 N–H and O–H groups in total. The number of carboxylic acids is 1. The van der Waals surface area contributed by atoms with Crippen LogP contribution in [0.15, 0.2) is 30.5 Å². The highest BCUT2D eigenvalue weighted by molar-refractivity contribution is 5.79. The highest BCUT2D eigenvalue weighted by Gasteiger charge is 2.20. The van der Waals surface area contributed by atoms with Crippen LogP contribution in [0.25, 0.3) is 10.9 Å². The molecular weight excluding hydrogens is 228 g/mol. The third kappa shape index (κ3) is 2.54. The van der Waals surface area contributed by atoms with Crippen LogP contribution in [0, 0.1) is 0 Å². The first-order valence-corrected chi connectivity index (χ1v) is 6.11. The summed E-state index contributed by atoms with van der Waals surface area (Å²) in [7, 11) is 1.85. The van der Waals surface area contributed by atoms with Gasteiger partial charge in [0.2, 0.25) is 0 Å². The average molecular weight is 246 g/mol. The van der Waals surface area contributed by atoms with Gasteiger partial charge in [0.05, 0.1) is 0 Å². The second kappa shape index (κ2) is 5.23. The van der Waals surface area contributed by atoms with Gasteiger partial charge in [-0.15, -0.1) is 0 Å². The minimum atomic E-state index is -0.763. The summed E-state index contributed by atoms with van der Waals surface area (Å²) in [5, 5.41) is 10.3. The van der Waals surface area contributed by atoms with E-state index >= 15 is 0 Å². The van der Waals surface area contributed by atoms with E-state index in [-0.39, 0.29) is 0 Å². The molecular formula is C14H18N2O2. The monoisotopic (exact) mass is 246 g/mol. The summed E-state index contributed by atoms with van der Waals surface area (Å²) in [4.78, 5) is 16.1. The predicted molar refractivity (Wildman–Crippen MR) is 71.5 cm³/mol. The lowest BCUT2D eigenvalue weighted by atomic mass is 10.1. The smallest absolute Gasteiger partial charge is 0.320 e. The molecule has 2 aromatic rings. The van der Waals surface area contributed by atoms with Crippen LogP contribution in [-0.4, -0.2) is 34.0 Å². The average Bonchev–Trinajstić information content (AvgIpc) is 2.76. The van der Waals surface area contributed by atoms with E-state index < -0.39 is 12.0 Å². The lowest BCUT2D eigenvalue weighted by Gasteiger charge is -2.23. The quantitative estimate of drug-likeness (QED) is 0.852. The summed E-state index contributed by atoms with van der Waals surface area (Å²) in [6.07, 6.45) is 2.51. The van der Waals surface area contributed by atoms with Gasteiger partial charge < -0.3 is 10.1 Å². The van der Waals surface area contributed by atoms with Gasteiger partial charge in [-0.05, 0) is 36.6 Å². The molecule has 0 fully saturated rings. The molecule has 0 saturated heterocycles. The van der Waals surface area contributed by atoms with Crippen LogP contribution >= 0.6 is 0 Å². The Morgan fingerprint density at radius 3 is 2.89 bits per heavy atom. The molecule has 1 aromatic heterocycles. The molecule has 0 amide bonds. The number of carbonyl (C=O) groups is 1. The SMILES string of the molecule is CC[C@H](C(=O)O)N(C)Cc1ccc2cc[nH]c2c1. The molecule has 0 spiro atoms. The van der Waals surface area contributed by atoms with Crippen LogP contribution in [-0.2, 0) is 11.3 Å². The zero-order valence-electron chi connectivity index (χ0n) is 10.7. The maximum absolute atomic E-state index is 11.1. The molecule has 4 heteroatoms. The number of benzene rings is 1. The van der Waals surface area contributed by atoms with E-state index in [9.17, 15) is 4.79 Å². The number of aliphatic carboxylic acids is 1. The van der Waals surface area contributed by atoms with Gasteiger partial charge in [0.1, 0.15) is 6.04 Å². The molecule has 18 heavy (non-hydrogen) atoms. The van der Waals surface area contributed by atoms with Crippen molar-refractivity contribution in [3.63, 3.8) is 0 Å².